The topological polar surface area (TPSA) is 96.7 Å². The van der Waals surface area contributed by atoms with Gasteiger partial charge in [0, 0.05) is 23.5 Å². The first kappa shape index (κ1) is 23.1. The van der Waals surface area contributed by atoms with Crippen LogP contribution in [0.4, 0.5) is 0 Å². The number of allylic oxidation sites excluding steroid dienone is 1. The molecule has 0 saturated heterocycles. The number of esters is 3. The van der Waals surface area contributed by atoms with Gasteiger partial charge in [0.1, 0.15) is 4.91 Å². The number of aromatic nitrogens is 2. The molecule has 0 radical (unpaired) electrons. The van der Waals surface area contributed by atoms with Gasteiger partial charge in [-0.15, -0.1) is 0 Å². The number of carbonyl (C=O) groups excluding carboxylic acids is 3. The van der Waals surface area contributed by atoms with Gasteiger partial charge in [0.2, 0.25) is 0 Å². The predicted molar refractivity (Wildman–Crippen MR) is 121 cm³/mol. The first-order chi connectivity index (χ1) is 15.4. The standard InChI is InChI=1S/C23H22N2O6S/c1-5-31-23(28)19-14(2)25-13-17(15-9-7-6-8-10-15)24-21(25)20(32-19)16(22(27)30-4)11-12-18(26)29-3/h6-13H,5H2,1-4H3/b12-11+,20-16+. The molecule has 8 nitrogen and oxygen atoms in total. The highest BCUT2D eigenvalue weighted by Gasteiger charge is 2.32. The Hall–Kier alpha value is -3.59. The monoisotopic (exact) mass is 454 g/mol. The Morgan fingerprint density at radius 1 is 1.09 bits per heavy atom. The van der Waals surface area contributed by atoms with Gasteiger partial charge in [-0.25, -0.2) is 19.4 Å². The molecule has 0 saturated carbocycles. The maximum Gasteiger partial charge on any atom is 0.346 e. The van der Waals surface area contributed by atoms with Crippen LogP contribution in [0.15, 0.2) is 59.2 Å². The van der Waals surface area contributed by atoms with E-state index in [0.717, 1.165) is 23.4 Å². The highest BCUT2D eigenvalue weighted by molar-refractivity contribution is 8.12. The van der Waals surface area contributed by atoms with Crippen LogP contribution in [0.5, 0.6) is 0 Å². The fourth-order valence-electron chi connectivity index (χ4n) is 3.00. The fraction of sp³-hybridized carbons (Fsp3) is 0.217. The molecule has 0 fully saturated rings. The predicted octanol–water partition coefficient (Wildman–Crippen LogP) is 3.66. The number of benzene rings is 1. The Morgan fingerprint density at radius 2 is 1.81 bits per heavy atom. The average Bonchev–Trinajstić information content (AvgIpc) is 3.26. The first-order valence-electron chi connectivity index (χ1n) is 9.71. The highest BCUT2D eigenvalue weighted by atomic mass is 32.2. The number of carbonyl (C=O) groups is 3. The number of fused-ring (bicyclic) bond motifs is 1. The molecule has 1 aromatic heterocycles. The van der Waals surface area contributed by atoms with Gasteiger partial charge in [0.15, 0.2) is 5.82 Å². The maximum atomic E-state index is 12.6. The largest absolute Gasteiger partial charge is 0.466 e. The van der Waals surface area contributed by atoms with Crippen molar-refractivity contribution in [1.29, 1.82) is 0 Å². The minimum atomic E-state index is -0.689. The number of imidazole rings is 1. The molecule has 1 aliphatic heterocycles. The van der Waals surface area contributed by atoms with Crippen LogP contribution in [0.2, 0.25) is 0 Å². The van der Waals surface area contributed by atoms with E-state index in [2.05, 4.69) is 4.74 Å². The smallest absolute Gasteiger partial charge is 0.346 e. The molecule has 9 heteroatoms. The van der Waals surface area contributed by atoms with Crippen molar-refractivity contribution >= 4 is 40.3 Å². The second-order valence-electron chi connectivity index (χ2n) is 6.51. The summed E-state index contributed by atoms with van der Waals surface area (Å²) in [4.78, 5) is 42.3. The summed E-state index contributed by atoms with van der Waals surface area (Å²) in [5.41, 5.74) is 2.20. The van der Waals surface area contributed by atoms with Crippen LogP contribution >= 0.6 is 11.8 Å². The summed E-state index contributed by atoms with van der Waals surface area (Å²) in [6.07, 6.45) is 4.20. The Labute approximate surface area is 189 Å². The maximum absolute atomic E-state index is 12.6. The first-order valence-corrected chi connectivity index (χ1v) is 10.5. The van der Waals surface area contributed by atoms with Gasteiger partial charge in [-0.2, -0.15) is 0 Å². The molecule has 32 heavy (non-hydrogen) atoms. The van der Waals surface area contributed by atoms with Gasteiger partial charge in [-0.1, -0.05) is 42.1 Å². The molecule has 0 unspecified atom stereocenters. The van der Waals surface area contributed by atoms with E-state index in [1.165, 1.54) is 20.3 Å². The van der Waals surface area contributed by atoms with E-state index in [9.17, 15) is 14.4 Å². The number of rotatable bonds is 6. The van der Waals surface area contributed by atoms with Crippen LogP contribution in [0.25, 0.3) is 21.9 Å². The quantitative estimate of drug-likeness (QED) is 0.371. The molecule has 0 atom stereocenters. The number of methoxy groups -OCH3 is 2. The zero-order chi connectivity index (χ0) is 23.3. The SMILES string of the molecule is CCOC(=O)C1=C(C)n2cc(-c3ccccc3)nc2/C(=C(/C=C/C(=O)OC)C(=O)OC)S1. The molecule has 166 valence electrons. The molecule has 1 aromatic carbocycles. The third-order valence-electron chi connectivity index (χ3n) is 4.57. The number of thioether (sulfide) groups is 1. The number of ether oxygens (including phenoxy) is 3. The van der Waals surface area contributed by atoms with Crippen molar-refractivity contribution in [3.05, 3.63) is 65.0 Å². The van der Waals surface area contributed by atoms with Gasteiger partial charge >= 0.3 is 17.9 Å². The van der Waals surface area contributed by atoms with Crippen LogP contribution in [-0.4, -0.2) is 48.3 Å². The van der Waals surface area contributed by atoms with Crippen molar-refractivity contribution < 1.29 is 28.6 Å². The average molecular weight is 455 g/mol. The second-order valence-corrected chi connectivity index (χ2v) is 7.53. The molecule has 0 N–H and O–H groups in total. The molecular weight excluding hydrogens is 432 g/mol. The van der Waals surface area contributed by atoms with Crippen molar-refractivity contribution in [3.8, 4) is 11.3 Å². The summed E-state index contributed by atoms with van der Waals surface area (Å²) in [5, 5.41) is 0. The second kappa shape index (κ2) is 10.1. The van der Waals surface area contributed by atoms with E-state index in [0.29, 0.717) is 27.0 Å². The summed E-state index contributed by atoms with van der Waals surface area (Å²) in [7, 11) is 2.47. The van der Waals surface area contributed by atoms with E-state index < -0.39 is 17.9 Å². The van der Waals surface area contributed by atoms with Crippen molar-refractivity contribution in [2.45, 2.75) is 13.8 Å². The van der Waals surface area contributed by atoms with Crippen molar-refractivity contribution in [2.24, 2.45) is 0 Å². The Bertz CT molecular complexity index is 1140. The lowest BCUT2D eigenvalue weighted by Crippen LogP contribution is -2.16. The normalized spacial score (nSPS) is 14.8. The lowest BCUT2D eigenvalue weighted by atomic mass is 10.2. The Kier molecular flexibility index (Phi) is 7.32. The molecule has 0 amide bonds. The number of hydrogen-bond donors (Lipinski definition) is 0. The van der Waals surface area contributed by atoms with Crippen LogP contribution in [-0.2, 0) is 28.6 Å². The highest BCUT2D eigenvalue weighted by Crippen LogP contribution is 2.45. The third kappa shape index (κ3) is 4.67. The molecule has 2 aromatic rings. The van der Waals surface area contributed by atoms with Crippen LogP contribution in [0.1, 0.15) is 19.7 Å². The van der Waals surface area contributed by atoms with Gasteiger partial charge in [0.05, 0.1) is 37.0 Å². The van der Waals surface area contributed by atoms with E-state index in [-0.39, 0.29) is 12.2 Å². The molecular formula is C23H22N2O6S. The fourth-order valence-corrected chi connectivity index (χ4v) is 4.09. The summed E-state index contributed by atoms with van der Waals surface area (Å²) in [6, 6.07) is 9.51. The van der Waals surface area contributed by atoms with Crippen LogP contribution in [0, 0.1) is 0 Å². The van der Waals surface area contributed by atoms with E-state index in [1.54, 1.807) is 24.6 Å². The molecule has 1 aliphatic rings. The van der Waals surface area contributed by atoms with Crippen molar-refractivity contribution in [3.63, 3.8) is 0 Å². The van der Waals surface area contributed by atoms with Crippen molar-refractivity contribution in [1.82, 2.24) is 9.55 Å². The Morgan fingerprint density at radius 3 is 2.44 bits per heavy atom. The van der Waals surface area contributed by atoms with E-state index >= 15 is 0 Å². The van der Waals surface area contributed by atoms with Crippen LogP contribution < -0.4 is 0 Å². The van der Waals surface area contributed by atoms with Crippen LogP contribution in [0.3, 0.4) is 0 Å². The minimum Gasteiger partial charge on any atom is -0.466 e. The third-order valence-corrected chi connectivity index (χ3v) is 5.84. The number of hydrogen-bond acceptors (Lipinski definition) is 8. The van der Waals surface area contributed by atoms with Gasteiger partial charge in [-0.3, -0.25) is 0 Å². The molecule has 0 aliphatic carbocycles. The van der Waals surface area contributed by atoms with Gasteiger partial charge in [0.25, 0.3) is 0 Å². The summed E-state index contributed by atoms with van der Waals surface area (Å²) in [6.45, 7) is 3.69. The molecule has 2 heterocycles. The van der Waals surface area contributed by atoms with Gasteiger partial charge in [-0.05, 0) is 19.9 Å². The lowest BCUT2D eigenvalue weighted by molar-refractivity contribution is -0.138. The summed E-state index contributed by atoms with van der Waals surface area (Å²) in [5.74, 6) is -1.41. The molecule has 3 rings (SSSR count). The Balaban J connectivity index is 2.27. The van der Waals surface area contributed by atoms with Gasteiger partial charge < -0.3 is 18.8 Å². The van der Waals surface area contributed by atoms with E-state index in [1.807, 2.05) is 30.3 Å². The zero-order valence-electron chi connectivity index (χ0n) is 18.1. The summed E-state index contributed by atoms with van der Waals surface area (Å²) >= 11 is 1.05. The summed E-state index contributed by atoms with van der Waals surface area (Å²) < 4.78 is 16.5. The molecule has 0 spiro atoms. The van der Waals surface area contributed by atoms with E-state index in [4.69, 9.17) is 14.5 Å². The number of nitrogens with zero attached hydrogens (tertiary/aromatic N) is 2. The van der Waals surface area contributed by atoms with Crippen molar-refractivity contribution in [2.75, 3.05) is 20.8 Å². The minimum absolute atomic E-state index is 0.0589. The molecule has 0 bridgehead atoms. The zero-order valence-corrected chi connectivity index (χ0v) is 18.9. The lowest BCUT2D eigenvalue weighted by Gasteiger charge is -2.21.